The molecule has 1 aromatic carbocycles. The molecule has 98 valence electrons. The number of likely N-dealkylation sites (tertiary alicyclic amines) is 1. The van der Waals surface area contributed by atoms with Crippen molar-refractivity contribution in [1.82, 2.24) is 4.90 Å². The average molecular weight is 314 g/mol. The summed E-state index contributed by atoms with van der Waals surface area (Å²) in [5.41, 5.74) is 0.536. The van der Waals surface area contributed by atoms with Crippen molar-refractivity contribution in [3.63, 3.8) is 0 Å². The third-order valence-electron chi connectivity index (χ3n) is 3.05. The first-order chi connectivity index (χ1) is 8.58. The smallest absolute Gasteiger partial charge is 0.340 e. The van der Waals surface area contributed by atoms with Crippen molar-refractivity contribution in [2.45, 2.75) is 18.6 Å². The first-order valence-corrected chi connectivity index (χ1v) is 6.68. The van der Waals surface area contributed by atoms with Gasteiger partial charge in [0, 0.05) is 23.1 Å². The molecule has 2 atom stereocenters. The van der Waals surface area contributed by atoms with Crippen LogP contribution in [0.3, 0.4) is 0 Å². The minimum atomic E-state index is -1.23. The SMILES string of the molecule is CN1CC[C@@H](OC(=O)C(O)c2ccccc2Br)C1. The van der Waals surface area contributed by atoms with Gasteiger partial charge in [0.05, 0.1) is 0 Å². The lowest BCUT2D eigenvalue weighted by Gasteiger charge is -2.16. The van der Waals surface area contributed by atoms with Gasteiger partial charge >= 0.3 is 5.97 Å². The molecule has 0 saturated carbocycles. The quantitative estimate of drug-likeness (QED) is 0.863. The molecule has 0 spiro atoms. The lowest BCUT2D eigenvalue weighted by Crippen LogP contribution is -2.25. The van der Waals surface area contributed by atoms with E-state index in [1.165, 1.54) is 0 Å². The van der Waals surface area contributed by atoms with Crippen LogP contribution in [0.2, 0.25) is 0 Å². The fourth-order valence-corrected chi connectivity index (χ4v) is 2.54. The monoisotopic (exact) mass is 313 g/mol. The Hall–Kier alpha value is -0.910. The molecule has 0 bridgehead atoms. The molecule has 0 aromatic heterocycles. The molecule has 1 aromatic rings. The topological polar surface area (TPSA) is 49.8 Å². The van der Waals surface area contributed by atoms with Gasteiger partial charge in [0.25, 0.3) is 0 Å². The van der Waals surface area contributed by atoms with Crippen LogP contribution in [0, 0.1) is 0 Å². The summed E-state index contributed by atoms with van der Waals surface area (Å²) in [6, 6.07) is 7.10. The molecule has 1 fully saturated rings. The summed E-state index contributed by atoms with van der Waals surface area (Å²) in [5.74, 6) is -0.581. The van der Waals surface area contributed by atoms with Gasteiger partial charge in [-0.3, -0.25) is 0 Å². The van der Waals surface area contributed by atoms with Gasteiger partial charge in [-0.2, -0.15) is 0 Å². The fourth-order valence-electron chi connectivity index (χ4n) is 2.04. The second-order valence-electron chi connectivity index (χ2n) is 4.53. The predicted molar refractivity (Wildman–Crippen MR) is 71.1 cm³/mol. The van der Waals surface area contributed by atoms with Gasteiger partial charge in [0.15, 0.2) is 6.10 Å². The van der Waals surface area contributed by atoms with Crippen LogP contribution in [0.1, 0.15) is 18.1 Å². The van der Waals surface area contributed by atoms with E-state index in [1.807, 2.05) is 13.1 Å². The highest BCUT2D eigenvalue weighted by Crippen LogP contribution is 2.25. The highest BCUT2D eigenvalue weighted by Gasteiger charge is 2.27. The summed E-state index contributed by atoms with van der Waals surface area (Å²) in [5, 5.41) is 9.98. The Morgan fingerprint density at radius 1 is 1.56 bits per heavy atom. The fraction of sp³-hybridized carbons (Fsp3) is 0.462. The van der Waals surface area contributed by atoms with Gasteiger partial charge in [0.1, 0.15) is 6.10 Å². The summed E-state index contributed by atoms with van der Waals surface area (Å²) in [6.07, 6.45) is -0.517. The number of carbonyl (C=O) groups is 1. The molecule has 0 amide bonds. The summed E-state index contributed by atoms with van der Waals surface area (Å²) in [7, 11) is 1.98. The third kappa shape index (κ3) is 3.10. The number of ether oxygens (including phenoxy) is 1. The number of nitrogens with zero attached hydrogens (tertiary/aromatic N) is 1. The van der Waals surface area contributed by atoms with Crippen LogP contribution in [0.5, 0.6) is 0 Å². The standard InChI is InChI=1S/C13H16BrNO3/c1-15-7-6-9(8-15)18-13(17)12(16)10-4-2-3-5-11(10)14/h2-5,9,12,16H,6-8H2,1H3/t9-,12?/m1/s1. The molecule has 0 aliphatic carbocycles. The van der Waals surface area contributed by atoms with Crippen molar-refractivity contribution in [1.29, 1.82) is 0 Å². The molecule has 5 heteroatoms. The molecule has 1 N–H and O–H groups in total. The molecular formula is C13H16BrNO3. The summed E-state index contributed by atoms with van der Waals surface area (Å²) in [4.78, 5) is 13.9. The Kier molecular flexibility index (Phi) is 4.37. The summed E-state index contributed by atoms with van der Waals surface area (Å²) < 4.78 is 6.01. The van der Waals surface area contributed by atoms with Crippen molar-refractivity contribution < 1.29 is 14.6 Å². The zero-order valence-corrected chi connectivity index (χ0v) is 11.8. The Bertz CT molecular complexity index is 438. The Morgan fingerprint density at radius 3 is 2.89 bits per heavy atom. The number of aliphatic hydroxyl groups excluding tert-OH is 1. The number of rotatable bonds is 3. The van der Waals surface area contributed by atoms with Crippen molar-refractivity contribution in [3.05, 3.63) is 34.3 Å². The van der Waals surface area contributed by atoms with E-state index in [2.05, 4.69) is 20.8 Å². The highest BCUT2D eigenvalue weighted by atomic mass is 79.9. The largest absolute Gasteiger partial charge is 0.459 e. The lowest BCUT2D eigenvalue weighted by molar-refractivity contribution is -0.158. The second-order valence-corrected chi connectivity index (χ2v) is 5.39. The number of carbonyl (C=O) groups excluding carboxylic acids is 1. The van der Waals surface area contributed by atoms with Crippen molar-refractivity contribution in [3.8, 4) is 0 Å². The van der Waals surface area contributed by atoms with E-state index in [9.17, 15) is 9.90 Å². The molecule has 4 nitrogen and oxygen atoms in total. The molecule has 1 unspecified atom stereocenters. The van der Waals surface area contributed by atoms with Crippen LogP contribution in [-0.4, -0.2) is 42.2 Å². The highest BCUT2D eigenvalue weighted by molar-refractivity contribution is 9.10. The van der Waals surface area contributed by atoms with E-state index in [0.29, 0.717) is 10.0 Å². The van der Waals surface area contributed by atoms with Gasteiger partial charge in [-0.25, -0.2) is 4.79 Å². The number of esters is 1. The van der Waals surface area contributed by atoms with E-state index < -0.39 is 12.1 Å². The second kappa shape index (κ2) is 5.82. The predicted octanol–water partition coefficient (Wildman–Crippen LogP) is 1.73. The maximum absolute atomic E-state index is 11.8. The van der Waals surface area contributed by atoms with Crippen molar-refractivity contribution >= 4 is 21.9 Å². The first kappa shape index (κ1) is 13.5. The van der Waals surface area contributed by atoms with Gasteiger partial charge < -0.3 is 14.7 Å². The third-order valence-corrected chi connectivity index (χ3v) is 3.78. The zero-order chi connectivity index (χ0) is 13.1. The van der Waals surface area contributed by atoms with Crippen molar-refractivity contribution in [2.24, 2.45) is 0 Å². The number of likely N-dealkylation sites (N-methyl/N-ethyl adjacent to an activating group) is 1. The summed E-state index contributed by atoms with van der Waals surface area (Å²) in [6.45, 7) is 1.65. The molecule has 1 saturated heterocycles. The zero-order valence-electron chi connectivity index (χ0n) is 10.2. The lowest BCUT2D eigenvalue weighted by atomic mass is 10.1. The number of benzene rings is 1. The Labute approximate surface area is 115 Å². The Balaban J connectivity index is 1.99. The minimum Gasteiger partial charge on any atom is -0.459 e. The van der Waals surface area contributed by atoms with Crippen LogP contribution in [-0.2, 0) is 9.53 Å². The molecule has 1 aliphatic heterocycles. The van der Waals surface area contributed by atoms with Crippen molar-refractivity contribution in [2.75, 3.05) is 20.1 Å². The van der Waals surface area contributed by atoms with E-state index in [0.717, 1.165) is 19.5 Å². The van der Waals surface area contributed by atoms with Gasteiger partial charge in [-0.15, -0.1) is 0 Å². The Morgan fingerprint density at radius 2 is 2.28 bits per heavy atom. The van der Waals surface area contributed by atoms with E-state index >= 15 is 0 Å². The molecule has 1 aliphatic rings. The summed E-state index contributed by atoms with van der Waals surface area (Å²) >= 11 is 3.31. The van der Waals surface area contributed by atoms with Crippen LogP contribution < -0.4 is 0 Å². The van der Waals surface area contributed by atoms with Gasteiger partial charge in [0.2, 0.25) is 0 Å². The van der Waals surface area contributed by atoms with Gasteiger partial charge in [-0.1, -0.05) is 34.1 Å². The molecule has 0 radical (unpaired) electrons. The number of aliphatic hydroxyl groups is 1. The van der Waals surface area contributed by atoms with E-state index in [1.54, 1.807) is 18.2 Å². The van der Waals surface area contributed by atoms with Crippen LogP contribution in [0.15, 0.2) is 28.7 Å². The average Bonchev–Trinajstić information content (AvgIpc) is 2.74. The maximum atomic E-state index is 11.8. The number of hydrogen-bond acceptors (Lipinski definition) is 4. The minimum absolute atomic E-state index is 0.111. The maximum Gasteiger partial charge on any atom is 0.340 e. The van der Waals surface area contributed by atoms with Crippen LogP contribution in [0.25, 0.3) is 0 Å². The van der Waals surface area contributed by atoms with E-state index in [4.69, 9.17) is 4.74 Å². The van der Waals surface area contributed by atoms with Crippen LogP contribution in [0.4, 0.5) is 0 Å². The molecular weight excluding hydrogens is 298 g/mol. The van der Waals surface area contributed by atoms with E-state index in [-0.39, 0.29) is 6.10 Å². The number of halogens is 1. The van der Waals surface area contributed by atoms with Gasteiger partial charge in [-0.05, 0) is 19.5 Å². The number of hydrogen-bond donors (Lipinski definition) is 1. The molecule has 18 heavy (non-hydrogen) atoms. The molecule has 1 heterocycles. The first-order valence-electron chi connectivity index (χ1n) is 5.89. The van der Waals surface area contributed by atoms with Crippen LogP contribution >= 0.6 is 15.9 Å². The normalized spacial score (nSPS) is 21.8. The molecule has 2 rings (SSSR count).